The lowest BCUT2D eigenvalue weighted by Gasteiger charge is -2.23. The molecule has 0 spiro atoms. The first kappa shape index (κ1) is 20.5. The van der Waals surface area contributed by atoms with E-state index >= 15 is 0 Å². The molecule has 6 heteroatoms. The van der Waals surface area contributed by atoms with E-state index in [9.17, 15) is 9.18 Å². The van der Waals surface area contributed by atoms with Crippen molar-refractivity contribution in [1.82, 2.24) is 0 Å². The number of rotatable bonds is 4. The van der Waals surface area contributed by atoms with Crippen molar-refractivity contribution in [2.75, 3.05) is 11.9 Å². The van der Waals surface area contributed by atoms with Gasteiger partial charge in [-0.1, -0.05) is 23.7 Å². The topological polar surface area (TPSA) is 47.6 Å². The Morgan fingerprint density at radius 2 is 1.93 bits per heavy atom. The highest BCUT2D eigenvalue weighted by Crippen LogP contribution is 2.38. The van der Waals surface area contributed by atoms with Crippen LogP contribution in [0.15, 0.2) is 36.4 Å². The minimum atomic E-state index is -0.511. The van der Waals surface area contributed by atoms with Gasteiger partial charge in [0.15, 0.2) is 0 Å². The van der Waals surface area contributed by atoms with Crippen LogP contribution in [0.2, 0.25) is 5.02 Å². The molecule has 0 radical (unpaired) electrons. The van der Waals surface area contributed by atoms with E-state index in [2.05, 4.69) is 5.32 Å². The quantitative estimate of drug-likeness (QED) is 0.694. The standard InChI is InChI=1S/C22H25ClFNO3/c1-22(2,3)28-21(26)15-6-9-17-19(25-12-15)11-10-18(23)20(17)27-13-14-4-7-16(24)8-5-14/h4-5,7-8,10-11,15,25H,6,9,12-13H2,1-3H3. The lowest BCUT2D eigenvalue weighted by atomic mass is 10.00. The SMILES string of the molecule is CC(C)(C)OC(=O)C1CCc2c(ccc(Cl)c2OCc2ccc(F)cc2)NC1. The second-order valence-corrected chi connectivity index (χ2v) is 8.37. The molecule has 28 heavy (non-hydrogen) atoms. The number of esters is 1. The summed E-state index contributed by atoms with van der Waals surface area (Å²) in [4.78, 5) is 12.5. The Kier molecular flexibility index (Phi) is 6.14. The van der Waals surface area contributed by atoms with Gasteiger partial charge in [-0.05, 0) is 63.4 Å². The van der Waals surface area contributed by atoms with Crippen LogP contribution < -0.4 is 10.1 Å². The molecule has 150 valence electrons. The number of carbonyl (C=O) groups is 1. The van der Waals surface area contributed by atoms with Crippen molar-refractivity contribution >= 4 is 23.3 Å². The third kappa shape index (κ3) is 5.16. The molecule has 3 rings (SSSR count). The van der Waals surface area contributed by atoms with Crippen LogP contribution in [-0.4, -0.2) is 18.1 Å². The van der Waals surface area contributed by atoms with E-state index < -0.39 is 5.60 Å². The van der Waals surface area contributed by atoms with E-state index in [1.807, 2.05) is 26.8 Å². The second kappa shape index (κ2) is 8.39. The predicted molar refractivity (Wildman–Crippen MR) is 108 cm³/mol. The molecular weight excluding hydrogens is 381 g/mol. The van der Waals surface area contributed by atoms with Crippen molar-refractivity contribution in [2.24, 2.45) is 5.92 Å². The Morgan fingerprint density at radius 1 is 1.21 bits per heavy atom. The van der Waals surface area contributed by atoms with Crippen LogP contribution in [0, 0.1) is 11.7 Å². The van der Waals surface area contributed by atoms with Gasteiger partial charge in [0.2, 0.25) is 0 Å². The third-order valence-electron chi connectivity index (χ3n) is 4.53. The van der Waals surface area contributed by atoms with Gasteiger partial charge in [-0.2, -0.15) is 0 Å². The normalized spacial score (nSPS) is 16.5. The van der Waals surface area contributed by atoms with Crippen molar-refractivity contribution in [3.63, 3.8) is 0 Å². The minimum absolute atomic E-state index is 0.201. The molecule has 2 aromatic rings. The fraction of sp³-hybridized carbons (Fsp3) is 0.409. The fourth-order valence-corrected chi connectivity index (χ4v) is 3.38. The lowest BCUT2D eigenvalue weighted by Crippen LogP contribution is -2.31. The first-order valence-corrected chi connectivity index (χ1v) is 9.76. The minimum Gasteiger partial charge on any atom is -0.487 e. The Labute approximate surface area is 170 Å². The predicted octanol–water partition coefficient (Wildman–Crippen LogP) is 5.37. The molecule has 1 aliphatic rings. The van der Waals surface area contributed by atoms with Crippen molar-refractivity contribution < 1.29 is 18.7 Å². The molecule has 0 aliphatic carbocycles. The molecule has 0 bridgehead atoms. The lowest BCUT2D eigenvalue weighted by molar-refractivity contribution is -0.159. The van der Waals surface area contributed by atoms with Crippen LogP contribution in [0.3, 0.4) is 0 Å². The third-order valence-corrected chi connectivity index (χ3v) is 4.83. The smallest absolute Gasteiger partial charge is 0.311 e. The Balaban J connectivity index is 1.74. The molecule has 1 heterocycles. The van der Waals surface area contributed by atoms with Crippen molar-refractivity contribution in [3.8, 4) is 5.75 Å². The maximum atomic E-state index is 13.1. The highest BCUT2D eigenvalue weighted by molar-refractivity contribution is 6.32. The molecule has 2 aromatic carbocycles. The number of hydrogen-bond donors (Lipinski definition) is 1. The molecule has 1 unspecified atom stereocenters. The molecule has 0 saturated heterocycles. The van der Waals surface area contributed by atoms with Crippen molar-refractivity contribution in [2.45, 2.75) is 45.8 Å². The molecule has 1 atom stereocenters. The summed E-state index contributed by atoms with van der Waals surface area (Å²) in [5.74, 6) is -0.128. The first-order chi connectivity index (χ1) is 13.2. The molecule has 0 amide bonds. The van der Waals surface area contributed by atoms with Gasteiger partial charge in [-0.15, -0.1) is 0 Å². The first-order valence-electron chi connectivity index (χ1n) is 9.38. The summed E-state index contributed by atoms with van der Waals surface area (Å²) in [5.41, 5.74) is 2.19. The number of benzene rings is 2. The van der Waals surface area contributed by atoms with Gasteiger partial charge in [-0.25, -0.2) is 4.39 Å². The van der Waals surface area contributed by atoms with E-state index in [1.54, 1.807) is 18.2 Å². The zero-order chi connectivity index (χ0) is 20.3. The summed E-state index contributed by atoms with van der Waals surface area (Å²) in [6.45, 7) is 6.38. The van der Waals surface area contributed by atoms with Crippen LogP contribution in [0.25, 0.3) is 0 Å². The summed E-state index contributed by atoms with van der Waals surface area (Å²) in [6.07, 6.45) is 1.29. The number of anilines is 1. The molecule has 0 saturated carbocycles. The highest BCUT2D eigenvalue weighted by atomic mass is 35.5. The van der Waals surface area contributed by atoms with Gasteiger partial charge in [0.05, 0.1) is 10.9 Å². The number of halogens is 2. The molecule has 4 nitrogen and oxygen atoms in total. The Bertz CT molecular complexity index is 846. The zero-order valence-electron chi connectivity index (χ0n) is 16.4. The van der Waals surface area contributed by atoms with Crippen LogP contribution in [0.4, 0.5) is 10.1 Å². The van der Waals surface area contributed by atoms with Gasteiger partial charge >= 0.3 is 5.97 Å². The number of carbonyl (C=O) groups excluding carboxylic acids is 1. The van der Waals surface area contributed by atoms with Gasteiger partial charge in [-0.3, -0.25) is 4.79 Å². The average molecular weight is 406 g/mol. The van der Waals surface area contributed by atoms with Crippen LogP contribution in [0.1, 0.15) is 38.3 Å². The van der Waals surface area contributed by atoms with Gasteiger partial charge < -0.3 is 14.8 Å². The number of fused-ring (bicyclic) bond motifs is 1. The molecule has 1 aliphatic heterocycles. The van der Waals surface area contributed by atoms with E-state index in [1.165, 1.54) is 12.1 Å². The Hall–Kier alpha value is -2.27. The van der Waals surface area contributed by atoms with Crippen molar-refractivity contribution in [3.05, 3.63) is 58.4 Å². The number of nitrogens with one attached hydrogen (secondary N) is 1. The molecule has 0 aromatic heterocycles. The maximum Gasteiger partial charge on any atom is 0.311 e. The zero-order valence-corrected chi connectivity index (χ0v) is 17.1. The number of ether oxygens (including phenoxy) is 2. The summed E-state index contributed by atoms with van der Waals surface area (Å²) < 4.78 is 24.6. The fourth-order valence-electron chi connectivity index (χ4n) is 3.15. The van der Waals surface area contributed by atoms with Crippen LogP contribution >= 0.6 is 11.6 Å². The largest absolute Gasteiger partial charge is 0.487 e. The van der Waals surface area contributed by atoms with Crippen LogP contribution in [-0.2, 0) is 22.6 Å². The monoisotopic (exact) mass is 405 g/mol. The molecular formula is C22H25ClFNO3. The molecule has 1 N–H and O–H groups in total. The summed E-state index contributed by atoms with van der Waals surface area (Å²) >= 11 is 6.39. The van der Waals surface area contributed by atoms with Gasteiger partial charge in [0, 0.05) is 17.8 Å². The van der Waals surface area contributed by atoms with E-state index in [-0.39, 0.29) is 24.3 Å². The van der Waals surface area contributed by atoms with Crippen molar-refractivity contribution in [1.29, 1.82) is 0 Å². The highest BCUT2D eigenvalue weighted by Gasteiger charge is 2.28. The second-order valence-electron chi connectivity index (χ2n) is 7.97. The van der Waals surface area contributed by atoms with E-state index in [4.69, 9.17) is 21.1 Å². The van der Waals surface area contributed by atoms with Crippen LogP contribution in [0.5, 0.6) is 5.75 Å². The van der Waals surface area contributed by atoms with E-state index in [0.29, 0.717) is 30.2 Å². The maximum absolute atomic E-state index is 13.1. The van der Waals surface area contributed by atoms with E-state index in [0.717, 1.165) is 16.8 Å². The van der Waals surface area contributed by atoms with Gasteiger partial charge in [0.25, 0.3) is 0 Å². The summed E-state index contributed by atoms with van der Waals surface area (Å²) in [5, 5.41) is 3.84. The van der Waals surface area contributed by atoms with Gasteiger partial charge in [0.1, 0.15) is 23.8 Å². The number of hydrogen-bond acceptors (Lipinski definition) is 4. The Morgan fingerprint density at radius 3 is 2.61 bits per heavy atom. The molecule has 0 fully saturated rings. The summed E-state index contributed by atoms with van der Waals surface area (Å²) in [7, 11) is 0. The average Bonchev–Trinajstić information content (AvgIpc) is 2.84. The summed E-state index contributed by atoms with van der Waals surface area (Å²) in [6, 6.07) is 9.85.